The molecular formula is C23H17ClN4O4S. The minimum absolute atomic E-state index is 0.228. The highest BCUT2D eigenvalue weighted by Crippen LogP contribution is 2.42. The van der Waals surface area contributed by atoms with Crippen LogP contribution in [0.15, 0.2) is 73.3 Å². The van der Waals surface area contributed by atoms with Gasteiger partial charge in [0, 0.05) is 5.75 Å². The molecule has 0 aliphatic carbocycles. The van der Waals surface area contributed by atoms with Crippen molar-refractivity contribution >= 4 is 46.5 Å². The third kappa shape index (κ3) is 4.29. The van der Waals surface area contributed by atoms with E-state index in [4.69, 9.17) is 21.1 Å². The minimum Gasteiger partial charge on any atom is -0.454 e. The Morgan fingerprint density at radius 2 is 1.55 bits per heavy atom. The van der Waals surface area contributed by atoms with Crippen molar-refractivity contribution in [3.63, 3.8) is 0 Å². The molecule has 0 amide bonds. The van der Waals surface area contributed by atoms with Crippen LogP contribution in [-0.4, -0.2) is 49.4 Å². The Balaban J connectivity index is 1.46. The predicted molar refractivity (Wildman–Crippen MR) is 123 cm³/mol. The number of esters is 2. The first-order chi connectivity index (χ1) is 16.1. The van der Waals surface area contributed by atoms with Crippen LogP contribution in [0.2, 0.25) is 5.15 Å². The molecule has 1 aliphatic rings. The van der Waals surface area contributed by atoms with E-state index in [1.807, 2.05) is 12.1 Å². The summed E-state index contributed by atoms with van der Waals surface area (Å²) >= 11 is 7.63. The van der Waals surface area contributed by atoms with Crippen LogP contribution < -0.4 is 0 Å². The van der Waals surface area contributed by atoms with Crippen molar-refractivity contribution in [1.82, 2.24) is 19.5 Å². The number of imidazole rings is 1. The molecule has 0 spiro atoms. The van der Waals surface area contributed by atoms with E-state index >= 15 is 0 Å². The van der Waals surface area contributed by atoms with E-state index in [1.54, 1.807) is 59.4 Å². The molecule has 5 rings (SSSR count). The number of carbonyl (C=O) groups is 2. The van der Waals surface area contributed by atoms with Gasteiger partial charge in [0.05, 0.1) is 17.5 Å². The summed E-state index contributed by atoms with van der Waals surface area (Å²) in [5, 5.41) is -0.200. The van der Waals surface area contributed by atoms with E-state index in [-0.39, 0.29) is 5.15 Å². The van der Waals surface area contributed by atoms with Crippen LogP contribution >= 0.6 is 23.4 Å². The fraction of sp³-hybridized carbons (Fsp3) is 0.174. The second kappa shape index (κ2) is 9.21. The highest BCUT2D eigenvalue weighted by Gasteiger charge is 2.44. The van der Waals surface area contributed by atoms with Gasteiger partial charge in [-0.3, -0.25) is 4.57 Å². The molecule has 0 bridgehead atoms. The Morgan fingerprint density at radius 3 is 2.21 bits per heavy atom. The van der Waals surface area contributed by atoms with Crippen molar-refractivity contribution in [2.75, 3.05) is 5.75 Å². The van der Waals surface area contributed by atoms with Crippen LogP contribution in [0.25, 0.3) is 11.2 Å². The van der Waals surface area contributed by atoms with Gasteiger partial charge in [-0.25, -0.2) is 24.5 Å². The number of fused-ring (bicyclic) bond motifs is 1. The molecule has 1 saturated heterocycles. The summed E-state index contributed by atoms with van der Waals surface area (Å²) in [7, 11) is 0. The van der Waals surface area contributed by atoms with Crippen molar-refractivity contribution in [1.29, 1.82) is 0 Å². The average Bonchev–Trinajstić information content (AvgIpc) is 3.45. The van der Waals surface area contributed by atoms with E-state index in [0.717, 1.165) is 0 Å². The van der Waals surface area contributed by atoms with E-state index in [2.05, 4.69) is 15.0 Å². The van der Waals surface area contributed by atoms with Crippen molar-refractivity contribution in [2.45, 2.75) is 17.6 Å². The number of carbonyl (C=O) groups excluding carboxylic acids is 2. The monoisotopic (exact) mass is 480 g/mol. The molecule has 4 aromatic rings. The average molecular weight is 481 g/mol. The summed E-state index contributed by atoms with van der Waals surface area (Å²) in [4.78, 5) is 38.2. The Hall–Kier alpha value is -3.43. The van der Waals surface area contributed by atoms with Gasteiger partial charge in [-0.05, 0) is 24.3 Å². The summed E-state index contributed by atoms with van der Waals surface area (Å²) in [6.07, 6.45) is 1.48. The number of aromatic nitrogens is 4. The quantitative estimate of drug-likeness (QED) is 0.310. The molecule has 10 heteroatoms. The molecule has 0 saturated carbocycles. The van der Waals surface area contributed by atoms with Gasteiger partial charge in [-0.15, -0.1) is 11.8 Å². The summed E-state index contributed by atoms with van der Waals surface area (Å²) in [6, 6.07) is 17.4. The first kappa shape index (κ1) is 21.4. The largest absolute Gasteiger partial charge is 0.454 e. The Bertz CT molecular complexity index is 1300. The predicted octanol–water partition coefficient (Wildman–Crippen LogP) is 4.18. The lowest BCUT2D eigenvalue weighted by atomic mass is 10.2. The van der Waals surface area contributed by atoms with Crippen molar-refractivity contribution in [3.05, 3.63) is 89.6 Å². The van der Waals surface area contributed by atoms with Crippen LogP contribution in [0.1, 0.15) is 26.1 Å². The third-order valence-corrected chi connectivity index (χ3v) is 6.82. The zero-order valence-electron chi connectivity index (χ0n) is 17.1. The maximum absolute atomic E-state index is 12.9. The summed E-state index contributed by atoms with van der Waals surface area (Å²) in [5.74, 6) is -0.566. The second-order valence-corrected chi connectivity index (χ2v) is 8.77. The number of benzene rings is 2. The first-order valence-electron chi connectivity index (χ1n) is 10.1. The molecule has 3 atom stereocenters. The smallest absolute Gasteiger partial charge is 0.338 e. The summed E-state index contributed by atoms with van der Waals surface area (Å²) < 4.78 is 13.5. The Morgan fingerprint density at radius 1 is 0.909 bits per heavy atom. The normalized spacial score (nSPS) is 20.0. The van der Waals surface area contributed by atoms with Gasteiger partial charge in [0.15, 0.2) is 23.0 Å². The Kier molecular flexibility index (Phi) is 5.97. The zero-order valence-corrected chi connectivity index (χ0v) is 18.6. The molecule has 166 valence electrons. The molecule has 1 fully saturated rings. The van der Waals surface area contributed by atoms with Crippen molar-refractivity contribution in [2.24, 2.45) is 0 Å². The number of rotatable bonds is 5. The minimum atomic E-state index is -0.776. The van der Waals surface area contributed by atoms with Gasteiger partial charge >= 0.3 is 11.9 Å². The second-order valence-electron chi connectivity index (χ2n) is 7.26. The highest BCUT2D eigenvalue weighted by molar-refractivity contribution is 7.99. The van der Waals surface area contributed by atoms with E-state index in [9.17, 15) is 9.59 Å². The molecule has 0 unspecified atom stereocenters. The van der Waals surface area contributed by atoms with Crippen molar-refractivity contribution in [3.8, 4) is 0 Å². The topological polar surface area (TPSA) is 96.2 Å². The maximum atomic E-state index is 12.9. The summed E-state index contributed by atoms with van der Waals surface area (Å²) in [5.41, 5.74) is 1.77. The van der Waals surface area contributed by atoms with E-state index < -0.39 is 29.5 Å². The third-order valence-electron chi connectivity index (χ3n) is 5.19. The fourth-order valence-corrected chi connectivity index (χ4v) is 5.15. The molecule has 0 radical (unpaired) electrons. The number of thioether (sulfide) groups is 1. The fourth-order valence-electron chi connectivity index (χ4n) is 3.60. The SMILES string of the molecule is O=C(O[C@H]1[C@H](n2cnc3c(Cl)ncnc32)SC[C@H]1OC(=O)c1ccccc1)c1ccccc1. The van der Waals surface area contributed by atoms with Gasteiger partial charge in [-0.1, -0.05) is 48.0 Å². The maximum Gasteiger partial charge on any atom is 0.338 e. The van der Waals surface area contributed by atoms with E-state index in [0.29, 0.717) is 28.0 Å². The van der Waals surface area contributed by atoms with Crippen molar-refractivity contribution < 1.29 is 19.1 Å². The van der Waals surface area contributed by atoms with Crippen LogP contribution in [0.5, 0.6) is 0 Å². The van der Waals surface area contributed by atoms with E-state index in [1.165, 1.54) is 18.1 Å². The van der Waals surface area contributed by atoms with Gasteiger partial charge in [0.2, 0.25) is 0 Å². The first-order valence-corrected chi connectivity index (χ1v) is 11.5. The molecule has 8 nitrogen and oxygen atoms in total. The van der Waals surface area contributed by atoms with Gasteiger partial charge < -0.3 is 9.47 Å². The molecule has 2 aromatic heterocycles. The number of ether oxygens (including phenoxy) is 2. The Labute approximate surface area is 197 Å². The van der Waals surface area contributed by atoms with Crippen LogP contribution in [-0.2, 0) is 9.47 Å². The zero-order chi connectivity index (χ0) is 22.8. The number of hydrogen-bond acceptors (Lipinski definition) is 8. The number of nitrogens with zero attached hydrogens (tertiary/aromatic N) is 4. The van der Waals surface area contributed by atoms with Gasteiger partial charge in [-0.2, -0.15) is 0 Å². The molecule has 33 heavy (non-hydrogen) atoms. The lowest BCUT2D eigenvalue weighted by Crippen LogP contribution is -2.36. The molecule has 3 heterocycles. The standard InChI is InChI=1S/C23H17ClN4O4S/c24-19-17-20(26-12-25-19)28(13-27-17)21-18(32-23(30)15-9-5-2-6-10-15)16(11-33-21)31-22(29)14-7-3-1-4-8-14/h1-10,12-13,16,18,21H,11H2/t16-,18-,21-/m1/s1. The molecule has 1 aliphatic heterocycles. The van der Waals surface area contributed by atoms with Crippen LogP contribution in [0.4, 0.5) is 0 Å². The lowest BCUT2D eigenvalue weighted by molar-refractivity contribution is -0.0295. The van der Waals surface area contributed by atoms with Crippen LogP contribution in [0, 0.1) is 0 Å². The van der Waals surface area contributed by atoms with Gasteiger partial charge in [0.25, 0.3) is 0 Å². The number of halogens is 1. The molecule has 0 N–H and O–H groups in total. The lowest BCUT2D eigenvalue weighted by Gasteiger charge is -2.25. The number of hydrogen-bond donors (Lipinski definition) is 0. The van der Waals surface area contributed by atoms with Crippen LogP contribution in [0.3, 0.4) is 0 Å². The highest BCUT2D eigenvalue weighted by atomic mass is 35.5. The molecular weight excluding hydrogens is 464 g/mol. The summed E-state index contributed by atoms with van der Waals surface area (Å²) in [6.45, 7) is 0. The van der Waals surface area contributed by atoms with Gasteiger partial charge in [0.1, 0.15) is 17.2 Å². The molecule has 2 aromatic carbocycles.